The minimum atomic E-state index is -0.942. The number of piperidine rings is 1. The highest BCUT2D eigenvalue weighted by Gasteiger charge is 2.24. The normalized spacial score (nSPS) is 16.3. The van der Waals surface area contributed by atoms with Gasteiger partial charge in [-0.3, -0.25) is 4.79 Å². The van der Waals surface area contributed by atoms with Crippen LogP contribution in [0.4, 0.5) is 0 Å². The number of nitrogens with one attached hydrogen (secondary N) is 1. The van der Waals surface area contributed by atoms with E-state index >= 15 is 0 Å². The summed E-state index contributed by atoms with van der Waals surface area (Å²) in [6.07, 6.45) is 1.76. The highest BCUT2D eigenvalue weighted by atomic mass is 16.4. The van der Waals surface area contributed by atoms with Crippen LogP contribution in [0.3, 0.4) is 0 Å². The van der Waals surface area contributed by atoms with Crippen LogP contribution in [0.25, 0.3) is 11.0 Å². The molecular formula is C15H17N3O3. The average molecular weight is 287 g/mol. The van der Waals surface area contributed by atoms with Gasteiger partial charge in [-0.05, 0) is 31.0 Å². The van der Waals surface area contributed by atoms with Crippen molar-refractivity contribution in [3.63, 3.8) is 0 Å². The van der Waals surface area contributed by atoms with Gasteiger partial charge in [-0.25, -0.2) is 9.78 Å². The molecule has 0 aliphatic carbocycles. The Balaban J connectivity index is 1.82. The van der Waals surface area contributed by atoms with Gasteiger partial charge in [0.1, 0.15) is 5.82 Å². The fourth-order valence-electron chi connectivity index (χ4n) is 2.82. The quantitative estimate of drug-likeness (QED) is 0.884. The Kier molecular flexibility index (Phi) is 3.37. The molecule has 110 valence electrons. The summed E-state index contributed by atoms with van der Waals surface area (Å²) in [5, 5.41) is 9.01. The van der Waals surface area contributed by atoms with E-state index in [0.29, 0.717) is 5.92 Å². The predicted molar refractivity (Wildman–Crippen MR) is 77.3 cm³/mol. The van der Waals surface area contributed by atoms with Gasteiger partial charge in [-0.1, -0.05) is 0 Å². The molecule has 6 nitrogen and oxygen atoms in total. The first kappa shape index (κ1) is 13.6. The number of carbonyl (C=O) groups excluding carboxylic acids is 1. The van der Waals surface area contributed by atoms with Crippen LogP contribution in [-0.4, -0.2) is 44.9 Å². The van der Waals surface area contributed by atoms with E-state index in [9.17, 15) is 9.59 Å². The molecule has 1 aliphatic heterocycles. The third kappa shape index (κ3) is 2.61. The number of hydrogen-bond donors (Lipinski definition) is 2. The Morgan fingerprint density at radius 3 is 2.67 bits per heavy atom. The number of rotatable bonds is 2. The third-order valence-electron chi connectivity index (χ3n) is 4.07. The fourth-order valence-corrected chi connectivity index (χ4v) is 2.82. The molecule has 1 aliphatic rings. The molecule has 1 aromatic carbocycles. The number of imidazole rings is 1. The predicted octanol–water partition coefficient (Wildman–Crippen LogP) is 1.99. The number of carboxylic acid groups (broad SMARTS) is 1. The zero-order chi connectivity index (χ0) is 15.0. The van der Waals surface area contributed by atoms with E-state index in [1.807, 2.05) is 4.90 Å². The number of hydrogen-bond acceptors (Lipinski definition) is 3. The molecule has 1 aromatic heterocycles. The molecule has 0 spiro atoms. The van der Waals surface area contributed by atoms with Crippen LogP contribution in [-0.2, 0) is 4.79 Å². The summed E-state index contributed by atoms with van der Waals surface area (Å²) in [6.45, 7) is 3.09. The topological polar surface area (TPSA) is 86.3 Å². The second-order valence-electron chi connectivity index (χ2n) is 5.44. The van der Waals surface area contributed by atoms with Crippen LogP contribution in [0.1, 0.15) is 41.9 Å². The van der Waals surface area contributed by atoms with Crippen molar-refractivity contribution >= 4 is 22.9 Å². The molecule has 0 atom stereocenters. The maximum atomic E-state index is 11.3. The van der Waals surface area contributed by atoms with Crippen LogP contribution in [0.15, 0.2) is 18.2 Å². The molecule has 6 heteroatoms. The Morgan fingerprint density at radius 1 is 1.33 bits per heavy atom. The molecule has 1 saturated heterocycles. The minimum Gasteiger partial charge on any atom is -0.478 e. The van der Waals surface area contributed by atoms with Gasteiger partial charge in [0.05, 0.1) is 16.6 Å². The highest BCUT2D eigenvalue weighted by Crippen LogP contribution is 2.28. The monoisotopic (exact) mass is 287 g/mol. The molecule has 2 N–H and O–H groups in total. The molecule has 0 bridgehead atoms. The lowest BCUT2D eigenvalue weighted by atomic mass is 9.96. The van der Waals surface area contributed by atoms with Gasteiger partial charge in [0, 0.05) is 25.9 Å². The first-order valence-electron chi connectivity index (χ1n) is 7.03. The molecule has 21 heavy (non-hydrogen) atoms. The number of carboxylic acids is 1. The second kappa shape index (κ2) is 5.20. The largest absolute Gasteiger partial charge is 0.478 e. The van der Waals surface area contributed by atoms with E-state index < -0.39 is 5.97 Å². The number of carbonyl (C=O) groups is 2. The zero-order valence-electron chi connectivity index (χ0n) is 11.8. The van der Waals surface area contributed by atoms with Crippen LogP contribution >= 0.6 is 0 Å². The van der Waals surface area contributed by atoms with Crippen LogP contribution in [0, 0.1) is 0 Å². The Morgan fingerprint density at radius 2 is 2.05 bits per heavy atom. The van der Waals surface area contributed by atoms with Crippen LogP contribution in [0.2, 0.25) is 0 Å². The van der Waals surface area contributed by atoms with E-state index in [0.717, 1.165) is 42.8 Å². The number of aromatic amines is 1. The van der Waals surface area contributed by atoms with Crippen molar-refractivity contribution in [3.8, 4) is 0 Å². The van der Waals surface area contributed by atoms with Crippen molar-refractivity contribution in [2.24, 2.45) is 0 Å². The Labute approximate surface area is 121 Å². The van der Waals surface area contributed by atoms with Crippen molar-refractivity contribution < 1.29 is 14.7 Å². The molecule has 2 heterocycles. The van der Waals surface area contributed by atoms with Crippen molar-refractivity contribution in [1.29, 1.82) is 0 Å². The van der Waals surface area contributed by atoms with E-state index in [2.05, 4.69) is 9.97 Å². The van der Waals surface area contributed by atoms with Gasteiger partial charge in [0.25, 0.3) is 0 Å². The number of aromatic nitrogens is 2. The SMILES string of the molecule is CC(=O)N1CCC(c2nc3ccc(C(=O)O)cc3[nH]2)CC1. The van der Waals surface area contributed by atoms with Crippen molar-refractivity contribution in [1.82, 2.24) is 14.9 Å². The first-order valence-corrected chi connectivity index (χ1v) is 7.03. The summed E-state index contributed by atoms with van der Waals surface area (Å²) in [5.74, 6) is 0.351. The number of fused-ring (bicyclic) bond motifs is 1. The number of nitrogens with zero attached hydrogens (tertiary/aromatic N) is 2. The molecule has 3 rings (SSSR count). The summed E-state index contributed by atoms with van der Waals surface area (Å²) in [7, 11) is 0. The smallest absolute Gasteiger partial charge is 0.335 e. The summed E-state index contributed by atoms with van der Waals surface area (Å²) in [6, 6.07) is 4.90. The summed E-state index contributed by atoms with van der Waals surface area (Å²) in [4.78, 5) is 31.9. The van der Waals surface area contributed by atoms with Gasteiger partial charge < -0.3 is 15.0 Å². The summed E-state index contributed by atoms with van der Waals surface area (Å²) < 4.78 is 0. The van der Waals surface area contributed by atoms with Crippen LogP contribution < -0.4 is 0 Å². The lowest BCUT2D eigenvalue weighted by Crippen LogP contribution is -2.36. The molecule has 0 saturated carbocycles. The average Bonchev–Trinajstić information content (AvgIpc) is 2.90. The van der Waals surface area contributed by atoms with Crippen LogP contribution in [0.5, 0.6) is 0 Å². The van der Waals surface area contributed by atoms with Gasteiger partial charge >= 0.3 is 5.97 Å². The van der Waals surface area contributed by atoms with Gasteiger partial charge in [0.15, 0.2) is 0 Å². The highest BCUT2D eigenvalue weighted by molar-refractivity contribution is 5.92. The lowest BCUT2D eigenvalue weighted by molar-refractivity contribution is -0.129. The van der Waals surface area contributed by atoms with Crippen molar-refractivity contribution in [2.45, 2.75) is 25.7 Å². The standard InChI is InChI=1S/C15H17N3O3/c1-9(19)18-6-4-10(5-7-18)14-16-12-3-2-11(15(20)21)8-13(12)17-14/h2-3,8,10H,4-7H2,1H3,(H,16,17)(H,20,21). The molecular weight excluding hydrogens is 270 g/mol. The number of aromatic carboxylic acids is 1. The maximum Gasteiger partial charge on any atom is 0.335 e. The molecule has 0 unspecified atom stereocenters. The second-order valence-corrected chi connectivity index (χ2v) is 5.44. The number of benzene rings is 1. The summed E-state index contributed by atoms with van der Waals surface area (Å²) >= 11 is 0. The van der Waals surface area contributed by atoms with Gasteiger partial charge in [-0.15, -0.1) is 0 Å². The molecule has 1 fully saturated rings. The lowest BCUT2D eigenvalue weighted by Gasteiger charge is -2.30. The Bertz CT molecular complexity index is 699. The number of likely N-dealkylation sites (tertiary alicyclic amines) is 1. The van der Waals surface area contributed by atoms with Crippen molar-refractivity contribution in [2.75, 3.05) is 13.1 Å². The summed E-state index contributed by atoms with van der Waals surface area (Å²) in [5.41, 5.74) is 1.78. The van der Waals surface area contributed by atoms with Gasteiger partial charge in [-0.2, -0.15) is 0 Å². The fraction of sp³-hybridized carbons (Fsp3) is 0.400. The molecule has 1 amide bonds. The Hall–Kier alpha value is -2.37. The van der Waals surface area contributed by atoms with Gasteiger partial charge in [0.2, 0.25) is 5.91 Å². The third-order valence-corrected chi connectivity index (χ3v) is 4.07. The first-order chi connectivity index (χ1) is 10.0. The minimum absolute atomic E-state index is 0.115. The number of amides is 1. The van der Waals surface area contributed by atoms with E-state index in [1.165, 1.54) is 0 Å². The molecule has 2 aromatic rings. The maximum absolute atomic E-state index is 11.3. The van der Waals surface area contributed by atoms with Crippen molar-refractivity contribution in [3.05, 3.63) is 29.6 Å². The van der Waals surface area contributed by atoms with E-state index in [1.54, 1.807) is 25.1 Å². The zero-order valence-corrected chi connectivity index (χ0v) is 11.8. The van der Waals surface area contributed by atoms with E-state index in [-0.39, 0.29) is 11.5 Å². The molecule has 0 radical (unpaired) electrons. The number of H-pyrrole nitrogens is 1. The van der Waals surface area contributed by atoms with E-state index in [4.69, 9.17) is 5.11 Å².